The highest BCUT2D eigenvalue weighted by Gasteiger charge is 2.24. The van der Waals surface area contributed by atoms with Crippen LogP contribution in [0.25, 0.3) is 0 Å². The molecule has 1 unspecified atom stereocenters. The van der Waals surface area contributed by atoms with Gasteiger partial charge in [-0.05, 0) is 78.7 Å². The number of amides is 1. The second kappa shape index (κ2) is 8.68. The van der Waals surface area contributed by atoms with E-state index < -0.39 is 15.8 Å². The van der Waals surface area contributed by atoms with Crippen molar-refractivity contribution in [3.63, 3.8) is 0 Å². The molecule has 31 heavy (non-hydrogen) atoms. The SMILES string of the molecule is O=C(NC1CCSc2ccc(F)cc21)c1ccc(S(=O)(=O)Nc2ccc(F)cc2)cc1. The summed E-state index contributed by atoms with van der Waals surface area (Å²) in [7, 11) is -3.89. The van der Waals surface area contributed by atoms with Crippen molar-refractivity contribution in [1.29, 1.82) is 0 Å². The normalized spacial score (nSPS) is 15.7. The fourth-order valence-electron chi connectivity index (χ4n) is 3.27. The zero-order valence-electron chi connectivity index (χ0n) is 16.1. The Morgan fingerprint density at radius 1 is 0.935 bits per heavy atom. The number of hydrogen-bond acceptors (Lipinski definition) is 4. The van der Waals surface area contributed by atoms with E-state index >= 15 is 0 Å². The predicted molar refractivity (Wildman–Crippen MR) is 116 cm³/mol. The molecule has 0 bridgehead atoms. The highest BCUT2D eigenvalue weighted by Crippen LogP contribution is 2.36. The minimum absolute atomic E-state index is 0.0325. The molecule has 1 aliphatic heterocycles. The van der Waals surface area contributed by atoms with Gasteiger partial charge in [0, 0.05) is 21.9 Å². The number of carbonyl (C=O) groups excluding carboxylic acids is 1. The van der Waals surface area contributed by atoms with Gasteiger partial charge in [0.25, 0.3) is 15.9 Å². The van der Waals surface area contributed by atoms with Crippen LogP contribution in [0.1, 0.15) is 28.4 Å². The minimum atomic E-state index is -3.89. The molecule has 3 aromatic rings. The van der Waals surface area contributed by atoms with Gasteiger partial charge in [-0.3, -0.25) is 9.52 Å². The van der Waals surface area contributed by atoms with E-state index in [9.17, 15) is 22.0 Å². The van der Waals surface area contributed by atoms with Crippen LogP contribution in [-0.2, 0) is 10.0 Å². The number of carbonyl (C=O) groups is 1. The van der Waals surface area contributed by atoms with Crippen LogP contribution in [-0.4, -0.2) is 20.1 Å². The molecular weight excluding hydrogens is 442 g/mol. The number of fused-ring (bicyclic) bond motifs is 1. The second-order valence-electron chi connectivity index (χ2n) is 6.98. The van der Waals surface area contributed by atoms with E-state index in [0.717, 1.165) is 28.3 Å². The van der Waals surface area contributed by atoms with Crippen molar-refractivity contribution < 1.29 is 22.0 Å². The van der Waals surface area contributed by atoms with Gasteiger partial charge < -0.3 is 5.32 Å². The Labute approximate surface area is 182 Å². The summed E-state index contributed by atoms with van der Waals surface area (Å²) in [6, 6.07) is 14.6. The molecule has 0 saturated carbocycles. The zero-order chi connectivity index (χ0) is 22.0. The van der Waals surface area contributed by atoms with Gasteiger partial charge in [0.15, 0.2) is 0 Å². The van der Waals surface area contributed by atoms with E-state index in [-0.39, 0.29) is 33.9 Å². The molecule has 2 N–H and O–H groups in total. The number of rotatable bonds is 5. The van der Waals surface area contributed by atoms with Gasteiger partial charge in [0.05, 0.1) is 10.9 Å². The summed E-state index contributed by atoms with van der Waals surface area (Å²) in [5.74, 6) is -0.401. The molecule has 1 atom stereocenters. The van der Waals surface area contributed by atoms with Crippen molar-refractivity contribution in [1.82, 2.24) is 5.32 Å². The summed E-state index contributed by atoms with van der Waals surface area (Å²) in [5.41, 5.74) is 1.26. The van der Waals surface area contributed by atoms with Gasteiger partial charge in [-0.15, -0.1) is 11.8 Å². The molecule has 0 spiro atoms. The number of benzene rings is 3. The first-order chi connectivity index (χ1) is 14.8. The van der Waals surface area contributed by atoms with E-state index in [0.29, 0.717) is 6.42 Å². The molecule has 5 nitrogen and oxygen atoms in total. The minimum Gasteiger partial charge on any atom is -0.345 e. The quantitative estimate of drug-likeness (QED) is 0.577. The number of hydrogen-bond donors (Lipinski definition) is 2. The molecular formula is C22H18F2N2O3S2. The zero-order valence-corrected chi connectivity index (χ0v) is 17.8. The smallest absolute Gasteiger partial charge is 0.261 e. The summed E-state index contributed by atoms with van der Waals surface area (Å²) in [6.45, 7) is 0. The fraction of sp³-hybridized carbons (Fsp3) is 0.136. The number of nitrogens with one attached hydrogen (secondary N) is 2. The molecule has 4 rings (SSSR count). The maximum atomic E-state index is 13.7. The van der Waals surface area contributed by atoms with Gasteiger partial charge >= 0.3 is 0 Å². The lowest BCUT2D eigenvalue weighted by Gasteiger charge is -2.26. The number of anilines is 1. The Bertz CT molecular complexity index is 1210. The maximum absolute atomic E-state index is 13.7. The first-order valence-electron chi connectivity index (χ1n) is 9.43. The summed E-state index contributed by atoms with van der Waals surface area (Å²) >= 11 is 1.62. The maximum Gasteiger partial charge on any atom is 0.261 e. The average molecular weight is 461 g/mol. The monoisotopic (exact) mass is 460 g/mol. The molecule has 1 amide bonds. The van der Waals surface area contributed by atoms with Gasteiger partial charge in [0.2, 0.25) is 0 Å². The van der Waals surface area contributed by atoms with Gasteiger partial charge in [0.1, 0.15) is 11.6 Å². The van der Waals surface area contributed by atoms with E-state index in [1.54, 1.807) is 17.8 Å². The number of sulfonamides is 1. The summed E-state index contributed by atoms with van der Waals surface area (Å²) in [5, 5.41) is 2.90. The Morgan fingerprint density at radius 2 is 1.61 bits per heavy atom. The van der Waals surface area contributed by atoms with E-state index in [4.69, 9.17) is 0 Å². The standard InChI is InChI=1S/C22H18F2N2O3S2/c23-15-3-6-17(7-4-15)26-31(28,29)18-8-1-14(2-9-18)22(27)25-20-11-12-30-21-10-5-16(24)13-19(20)21/h1-10,13,20,26H,11-12H2,(H,25,27). The molecule has 0 fully saturated rings. The van der Waals surface area contributed by atoms with Crippen LogP contribution in [0, 0.1) is 11.6 Å². The van der Waals surface area contributed by atoms with Crippen molar-refractivity contribution in [2.24, 2.45) is 0 Å². The van der Waals surface area contributed by atoms with Crippen molar-refractivity contribution in [2.75, 3.05) is 10.5 Å². The first kappa shape index (κ1) is 21.3. The van der Waals surface area contributed by atoms with Crippen LogP contribution in [0.15, 0.2) is 76.5 Å². The summed E-state index contributed by atoms with van der Waals surface area (Å²) in [6.07, 6.45) is 0.668. The first-order valence-corrected chi connectivity index (χ1v) is 11.9. The van der Waals surface area contributed by atoms with Crippen molar-refractivity contribution >= 4 is 33.4 Å². The van der Waals surface area contributed by atoms with Crippen LogP contribution >= 0.6 is 11.8 Å². The Morgan fingerprint density at radius 3 is 2.32 bits per heavy atom. The third-order valence-corrected chi connectivity index (χ3v) is 7.36. The molecule has 9 heteroatoms. The Kier molecular flexibility index (Phi) is 5.97. The number of thioether (sulfide) groups is 1. The average Bonchev–Trinajstić information content (AvgIpc) is 2.76. The van der Waals surface area contributed by atoms with E-state index in [2.05, 4.69) is 10.0 Å². The topological polar surface area (TPSA) is 75.3 Å². The second-order valence-corrected chi connectivity index (χ2v) is 9.80. The third-order valence-electron chi connectivity index (χ3n) is 4.84. The molecule has 0 aliphatic carbocycles. The van der Waals surface area contributed by atoms with Gasteiger partial charge in [-0.1, -0.05) is 0 Å². The Balaban J connectivity index is 1.48. The third kappa shape index (κ3) is 4.88. The van der Waals surface area contributed by atoms with Crippen molar-refractivity contribution in [3.05, 3.63) is 89.5 Å². The van der Waals surface area contributed by atoms with Crippen molar-refractivity contribution in [2.45, 2.75) is 22.3 Å². The van der Waals surface area contributed by atoms with E-state index in [1.165, 1.54) is 48.5 Å². The van der Waals surface area contributed by atoms with Gasteiger partial charge in [-0.25, -0.2) is 17.2 Å². The van der Waals surface area contributed by atoms with Crippen LogP contribution in [0.2, 0.25) is 0 Å². The molecule has 0 saturated heterocycles. The lowest BCUT2D eigenvalue weighted by molar-refractivity contribution is 0.0934. The van der Waals surface area contributed by atoms with Crippen LogP contribution in [0.5, 0.6) is 0 Å². The lowest BCUT2D eigenvalue weighted by Crippen LogP contribution is -2.30. The van der Waals surface area contributed by atoms with Crippen molar-refractivity contribution in [3.8, 4) is 0 Å². The van der Waals surface area contributed by atoms with E-state index in [1.807, 2.05) is 0 Å². The molecule has 1 heterocycles. The summed E-state index contributed by atoms with van der Waals surface area (Å²) in [4.78, 5) is 13.6. The van der Waals surface area contributed by atoms with Crippen LogP contribution < -0.4 is 10.0 Å². The Hall–Kier alpha value is -2.91. The number of halogens is 2. The molecule has 0 aromatic heterocycles. The fourth-order valence-corrected chi connectivity index (χ4v) is 5.44. The highest BCUT2D eigenvalue weighted by atomic mass is 32.2. The largest absolute Gasteiger partial charge is 0.345 e. The lowest BCUT2D eigenvalue weighted by atomic mass is 10.0. The van der Waals surface area contributed by atoms with Crippen LogP contribution in [0.3, 0.4) is 0 Å². The van der Waals surface area contributed by atoms with Gasteiger partial charge in [-0.2, -0.15) is 0 Å². The molecule has 0 radical (unpaired) electrons. The highest BCUT2D eigenvalue weighted by molar-refractivity contribution is 7.99. The molecule has 160 valence electrons. The summed E-state index contributed by atoms with van der Waals surface area (Å²) < 4.78 is 54.0. The van der Waals surface area contributed by atoms with Crippen LogP contribution in [0.4, 0.5) is 14.5 Å². The molecule has 1 aliphatic rings. The molecule has 3 aromatic carbocycles. The predicted octanol–water partition coefficient (Wildman–Crippen LogP) is 4.73.